The van der Waals surface area contributed by atoms with Crippen molar-refractivity contribution in [1.82, 2.24) is 4.90 Å². The molecule has 1 fully saturated rings. The third-order valence-corrected chi connectivity index (χ3v) is 2.35. The molecule has 0 saturated carbocycles. The zero-order chi connectivity index (χ0) is 8.97. The highest BCUT2D eigenvalue weighted by atomic mass is 16.1. The predicted octanol–water partition coefficient (Wildman–Crippen LogP) is -0.858. The second kappa shape index (κ2) is 4.42. The van der Waals surface area contributed by atoms with Crippen molar-refractivity contribution < 1.29 is 4.79 Å². The molecule has 1 saturated heterocycles. The van der Waals surface area contributed by atoms with Crippen molar-refractivity contribution in [3.63, 3.8) is 0 Å². The lowest BCUT2D eigenvalue weighted by Crippen LogP contribution is -2.42. The van der Waals surface area contributed by atoms with Crippen molar-refractivity contribution in [2.45, 2.75) is 12.8 Å². The van der Waals surface area contributed by atoms with Crippen LogP contribution in [-0.2, 0) is 4.79 Å². The van der Waals surface area contributed by atoms with Crippen LogP contribution in [0.2, 0.25) is 0 Å². The zero-order valence-electron chi connectivity index (χ0n) is 7.33. The van der Waals surface area contributed by atoms with Gasteiger partial charge in [-0.25, -0.2) is 0 Å². The van der Waals surface area contributed by atoms with E-state index in [-0.39, 0.29) is 11.8 Å². The van der Waals surface area contributed by atoms with Crippen molar-refractivity contribution in [3.8, 4) is 0 Å². The van der Waals surface area contributed by atoms with Gasteiger partial charge in [-0.2, -0.15) is 0 Å². The lowest BCUT2D eigenvalue weighted by Gasteiger charge is -2.30. The number of rotatable bonds is 3. The van der Waals surface area contributed by atoms with E-state index >= 15 is 0 Å². The summed E-state index contributed by atoms with van der Waals surface area (Å²) in [6.07, 6.45) is 2.00. The second-order valence-electron chi connectivity index (χ2n) is 3.33. The van der Waals surface area contributed by atoms with Gasteiger partial charge in [0.15, 0.2) is 0 Å². The Hall–Kier alpha value is -0.610. The summed E-state index contributed by atoms with van der Waals surface area (Å²) in [6, 6.07) is 0. The fourth-order valence-corrected chi connectivity index (χ4v) is 1.67. The number of likely N-dealkylation sites (tertiary alicyclic amines) is 1. The molecule has 1 aliphatic heterocycles. The average molecular weight is 171 g/mol. The molecule has 1 atom stereocenters. The van der Waals surface area contributed by atoms with E-state index in [1.165, 1.54) is 0 Å². The lowest BCUT2D eigenvalue weighted by molar-refractivity contribution is -0.123. The molecule has 1 amide bonds. The summed E-state index contributed by atoms with van der Waals surface area (Å²) >= 11 is 0. The SMILES string of the molecule is NCCN1CCCC(C(N)=O)C1. The molecule has 0 aromatic heterocycles. The summed E-state index contributed by atoms with van der Waals surface area (Å²) < 4.78 is 0. The Kier molecular flexibility index (Phi) is 3.49. The van der Waals surface area contributed by atoms with Crippen molar-refractivity contribution in [2.75, 3.05) is 26.2 Å². The summed E-state index contributed by atoms with van der Waals surface area (Å²) in [7, 11) is 0. The van der Waals surface area contributed by atoms with E-state index in [1.54, 1.807) is 0 Å². The molecular weight excluding hydrogens is 154 g/mol. The molecule has 1 rings (SSSR count). The minimum atomic E-state index is -0.170. The second-order valence-corrected chi connectivity index (χ2v) is 3.33. The van der Waals surface area contributed by atoms with Crippen LogP contribution in [0.4, 0.5) is 0 Å². The topological polar surface area (TPSA) is 72.3 Å². The van der Waals surface area contributed by atoms with Gasteiger partial charge in [0.25, 0.3) is 0 Å². The number of amides is 1. The van der Waals surface area contributed by atoms with Crippen LogP contribution >= 0.6 is 0 Å². The predicted molar refractivity (Wildman–Crippen MR) is 47.4 cm³/mol. The highest BCUT2D eigenvalue weighted by Crippen LogP contribution is 2.14. The lowest BCUT2D eigenvalue weighted by atomic mass is 9.98. The van der Waals surface area contributed by atoms with E-state index in [4.69, 9.17) is 11.5 Å². The summed E-state index contributed by atoms with van der Waals surface area (Å²) in [5, 5.41) is 0. The monoisotopic (exact) mass is 171 g/mol. The van der Waals surface area contributed by atoms with Crippen LogP contribution < -0.4 is 11.5 Å². The van der Waals surface area contributed by atoms with E-state index < -0.39 is 0 Å². The Morgan fingerprint density at radius 1 is 1.58 bits per heavy atom. The van der Waals surface area contributed by atoms with Gasteiger partial charge in [-0.3, -0.25) is 4.79 Å². The van der Waals surface area contributed by atoms with E-state index in [1.807, 2.05) is 0 Å². The quantitative estimate of drug-likeness (QED) is 0.580. The van der Waals surface area contributed by atoms with Gasteiger partial charge in [0.05, 0.1) is 5.92 Å². The van der Waals surface area contributed by atoms with E-state index in [0.29, 0.717) is 6.54 Å². The standard InChI is InChI=1S/C8H17N3O/c9-3-5-11-4-1-2-7(6-11)8(10)12/h7H,1-6,9H2,(H2,10,12). The van der Waals surface area contributed by atoms with E-state index in [0.717, 1.165) is 32.5 Å². The van der Waals surface area contributed by atoms with Gasteiger partial charge in [0.2, 0.25) is 5.91 Å². The fourth-order valence-electron chi connectivity index (χ4n) is 1.67. The maximum atomic E-state index is 10.9. The Morgan fingerprint density at radius 2 is 2.33 bits per heavy atom. The number of nitrogens with zero attached hydrogens (tertiary/aromatic N) is 1. The zero-order valence-corrected chi connectivity index (χ0v) is 7.33. The average Bonchev–Trinajstić information content (AvgIpc) is 2.05. The Bertz CT molecular complexity index is 158. The van der Waals surface area contributed by atoms with Crippen molar-refractivity contribution >= 4 is 5.91 Å². The molecule has 0 aromatic carbocycles. The molecule has 12 heavy (non-hydrogen) atoms. The first-order valence-corrected chi connectivity index (χ1v) is 4.45. The summed E-state index contributed by atoms with van der Waals surface area (Å²) in [6.45, 7) is 3.39. The van der Waals surface area contributed by atoms with Crippen molar-refractivity contribution in [1.29, 1.82) is 0 Å². The van der Waals surface area contributed by atoms with Crippen LogP contribution in [0.3, 0.4) is 0 Å². The third-order valence-electron chi connectivity index (χ3n) is 2.35. The van der Waals surface area contributed by atoms with Crippen molar-refractivity contribution in [3.05, 3.63) is 0 Å². The number of primary amides is 1. The number of carbonyl (C=O) groups is 1. The molecule has 0 aromatic rings. The molecule has 4 heteroatoms. The van der Waals surface area contributed by atoms with Gasteiger partial charge in [0.1, 0.15) is 0 Å². The van der Waals surface area contributed by atoms with Crippen LogP contribution in [0.15, 0.2) is 0 Å². The van der Waals surface area contributed by atoms with E-state index in [2.05, 4.69) is 4.90 Å². The first-order valence-electron chi connectivity index (χ1n) is 4.45. The Balaban J connectivity index is 2.35. The molecule has 70 valence electrons. The van der Waals surface area contributed by atoms with Crippen LogP contribution in [0, 0.1) is 5.92 Å². The van der Waals surface area contributed by atoms with Crippen molar-refractivity contribution in [2.24, 2.45) is 17.4 Å². The summed E-state index contributed by atoms with van der Waals surface area (Å²) in [4.78, 5) is 13.1. The molecule has 4 N–H and O–H groups in total. The highest BCUT2D eigenvalue weighted by Gasteiger charge is 2.22. The molecular formula is C8H17N3O. The first kappa shape index (κ1) is 9.48. The van der Waals surface area contributed by atoms with Gasteiger partial charge in [0, 0.05) is 19.6 Å². The van der Waals surface area contributed by atoms with Crippen LogP contribution in [-0.4, -0.2) is 37.0 Å². The maximum absolute atomic E-state index is 10.9. The molecule has 1 aliphatic rings. The highest BCUT2D eigenvalue weighted by molar-refractivity contribution is 5.76. The maximum Gasteiger partial charge on any atom is 0.221 e. The van der Waals surface area contributed by atoms with Gasteiger partial charge in [-0.15, -0.1) is 0 Å². The number of carbonyl (C=O) groups excluding carboxylic acids is 1. The summed E-state index contributed by atoms with van der Waals surface area (Å²) in [5.41, 5.74) is 10.7. The first-order chi connectivity index (χ1) is 5.74. The van der Waals surface area contributed by atoms with Gasteiger partial charge in [-0.1, -0.05) is 0 Å². The summed E-state index contributed by atoms with van der Waals surface area (Å²) in [5.74, 6) is -0.123. The largest absolute Gasteiger partial charge is 0.369 e. The molecule has 0 aliphatic carbocycles. The molecule has 0 radical (unpaired) electrons. The van der Waals surface area contributed by atoms with Gasteiger partial charge >= 0.3 is 0 Å². The smallest absolute Gasteiger partial charge is 0.221 e. The molecule has 0 bridgehead atoms. The fraction of sp³-hybridized carbons (Fsp3) is 0.875. The number of hydrogen-bond donors (Lipinski definition) is 2. The molecule has 1 heterocycles. The molecule has 0 spiro atoms. The Morgan fingerprint density at radius 3 is 2.92 bits per heavy atom. The third kappa shape index (κ3) is 2.46. The number of piperidine rings is 1. The minimum absolute atomic E-state index is 0.0466. The number of nitrogens with two attached hydrogens (primary N) is 2. The molecule has 1 unspecified atom stereocenters. The Labute approximate surface area is 72.9 Å². The van der Waals surface area contributed by atoms with E-state index in [9.17, 15) is 4.79 Å². The van der Waals surface area contributed by atoms with Crippen LogP contribution in [0.1, 0.15) is 12.8 Å². The normalized spacial score (nSPS) is 25.6. The number of hydrogen-bond acceptors (Lipinski definition) is 3. The van der Waals surface area contributed by atoms with Crippen LogP contribution in [0.5, 0.6) is 0 Å². The van der Waals surface area contributed by atoms with Gasteiger partial charge < -0.3 is 16.4 Å². The molecule has 4 nitrogen and oxygen atoms in total. The van der Waals surface area contributed by atoms with Gasteiger partial charge in [-0.05, 0) is 19.4 Å². The minimum Gasteiger partial charge on any atom is -0.369 e. The van der Waals surface area contributed by atoms with Crippen LogP contribution in [0.25, 0.3) is 0 Å².